The Balaban J connectivity index is 1.29. The van der Waals surface area contributed by atoms with Crippen LogP contribution in [0.4, 0.5) is 5.69 Å². The number of nitrogens with one attached hydrogen (secondary N) is 1. The molecule has 0 bridgehead atoms. The first kappa shape index (κ1) is 23.5. The lowest BCUT2D eigenvalue weighted by Crippen LogP contribution is -2.45. The summed E-state index contributed by atoms with van der Waals surface area (Å²) in [5.74, 6) is -0.164. The van der Waals surface area contributed by atoms with Crippen molar-refractivity contribution in [2.24, 2.45) is 5.92 Å². The maximum atomic E-state index is 12.9. The Morgan fingerprint density at radius 3 is 2.39 bits per heavy atom. The van der Waals surface area contributed by atoms with Crippen LogP contribution in [0.5, 0.6) is 0 Å². The van der Waals surface area contributed by atoms with Gasteiger partial charge >= 0.3 is 0 Å². The largest absolute Gasteiger partial charge is 0.338 e. The second-order valence-electron chi connectivity index (χ2n) is 9.36. The van der Waals surface area contributed by atoms with Gasteiger partial charge in [0.2, 0.25) is 5.91 Å². The number of hydrogen-bond acceptors (Lipinski definition) is 4. The highest BCUT2D eigenvalue weighted by Crippen LogP contribution is 2.21. The van der Waals surface area contributed by atoms with Crippen LogP contribution in [0.1, 0.15) is 41.3 Å². The lowest BCUT2D eigenvalue weighted by atomic mass is 9.96. The molecule has 2 heterocycles. The van der Waals surface area contributed by atoms with Crippen LogP contribution >= 0.6 is 0 Å². The molecule has 176 valence electrons. The molecule has 4 rings (SSSR count). The zero-order chi connectivity index (χ0) is 23.2. The molecule has 1 atom stereocenters. The molecule has 1 N–H and O–H groups in total. The zero-order valence-electron chi connectivity index (χ0n) is 19.9. The van der Waals surface area contributed by atoms with Crippen LogP contribution < -0.4 is 5.32 Å². The summed E-state index contributed by atoms with van der Waals surface area (Å²) in [5.41, 5.74) is 3.86. The average Bonchev–Trinajstić information content (AvgIpc) is 2.85. The van der Waals surface area contributed by atoms with E-state index in [1.54, 1.807) is 0 Å². The van der Waals surface area contributed by atoms with E-state index in [4.69, 9.17) is 0 Å². The van der Waals surface area contributed by atoms with Gasteiger partial charge in [-0.1, -0.05) is 36.8 Å². The van der Waals surface area contributed by atoms with E-state index in [-0.39, 0.29) is 17.7 Å². The smallest absolute Gasteiger partial charge is 0.253 e. The Morgan fingerprint density at radius 2 is 1.70 bits per heavy atom. The average molecular weight is 449 g/mol. The summed E-state index contributed by atoms with van der Waals surface area (Å²) < 4.78 is 0. The number of rotatable bonds is 6. The highest BCUT2D eigenvalue weighted by atomic mass is 16.2. The number of carbonyl (C=O) groups is 2. The summed E-state index contributed by atoms with van der Waals surface area (Å²) >= 11 is 0. The fourth-order valence-corrected chi connectivity index (χ4v) is 4.80. The number of piperidine rings is 1. The molecule has 2 aromatic rings. The normalized spacial score (nSPS) is 19.9. The van der Waals surface area contributed by atoms with Gasteiger partial charge in [-0.3, -0.25) is 14.5 Å². The van der Waals surface area contributed by atoms with Gasteiger partial charge in [0.25, 0.3) is 5.91 Å². The van der Waals surface area contributed by atoms with Crippen LogP contribution in [0.25, 0.3) is 0 Å². The standard InChI is InChI=1S/C27H36N4O2/c1-3-29-14-16-30(17-15-29)19-22-9-11-25(12-10-22)28-26(32)24-8-5-13-31(20-24)27(33)23-7-4-6-21(2)18-23/h4,6-7,9-12,18,24H,3,5,8,13-17,19-20H2,1-2H3,(H,28,32)/t24-/m0/s1. The minimum absolute atomic E-state index is 0.000166. The van der Waals surface area contributed by atoms with Crippen molar-refractivity contribution in [2.45, 2.75) is 33.2 Å². The first-order valence-corrected chi connectivity index (χ1v) is 12.2. The predicted molar refractivity (Wildman–Crippen MR) is 132 cm³/mol. The molecule has 0 aliphatic carbocycles. The topological polar surface area (TPSA) is 55.9 Å². The van der Waals surface area contributed by atoms with Crippen molar-refractivity contribution >= 4 is 17.5 Å². The number of carbonyl (C=O) groups excluding carboxylic acids is 2. The Labute approximate surface area is 197 Å². The lowest BCUT2D eigenvalue weighted by molar-refractivity contribution is -0.121. The monoisotopic (exact) mass is 448 g/mol. The van der Waals surface area contributed by atoms with Gasteiger partial charge in [0.15, 0.2) is 0 Å². The molecule has 0 saturated carbocycles. The van der Waals surface area contributed by atoms with Gasteiger partial charge < -0.3 is 15.1 Å². The molecule has 0 radical (unpaired) electrons. The second kappa shape index (κ2) is 10.9. The maximum Gasteiger partial charge on any atom is 0.253 e. The van der Waals surface area contributed by atoms with Crippen LogP contribution in [0.3, 0.4) is 0 Å². The SMILES string of the molecule is CCN1CCN(Cc2ccc(NC(=O)[C@H]3CCCN(C(=O)c4cccc(C)c4)C3)cc2)CC1. The zero-order valence-corrected chi connectivity index (χ0v) is 19.9. The Morgan fingerprint density at radius 1 is 0.970 bits per heavy atom. The maximum absolute atomic E-state index is 12.9. The molecule has 2 aliphatic heterocycles. The van der Waals surface area contributed by atoms with E-state index in [1.165, 1.54) is 5.56 Å². The van der Waals surface area contributed by atoms with Gasteiger partial charge in [0.1, 0.15) is 0 Å². The Hall–Kier alpha value is -2.70. The van der Waals surface area contributed by atoms with Gasteiger partial charge in [-0.2, -0.15) is 0 Å². The highest BCUT2D eigenvalue weighted by molar-refractivity contribution is 5.96. The van der Waals surface area contributed by atoms with Gasteiger partial charge in [-0.25, -0.2) is 0 Å². The van der Waals surface area contributed by atoms with Crippen LogP contribution in [0.15, 0.2) is 48.5 Å². The molecule has 33 heavy (non-hydrogen) atoms. The quantitative estimate of drug-likeness (QED) is 0.733. The summed E-state index contributed by atoms with van der Waals surface area (Å²) in [6.45, 7) is 11.9. The van der Waals surface area contributed by atoms with Gasteiger partial charge in [-0.15, -0.1) is 0 Å². The molecule has 6 nitrogen and oxygen atoms in total. The number of aryl methyl sites for hydroxylation is 1. The Kier molecular flexibility index (Phi) is 7.78. The van der Waals surface area contributed by atoms with E-state index >= 15 is 0 Å². The molecule has 6 heteroatoms. The van der Waals surface area contributed by atoms with Gasteiger partial charge in [-0.05, 0) is 56.1 Å². The molecule has 2 fully saturated rings. The Bertz CT molecular complexity index is 951. The van der Waals surface area contributed by atoms with E-state index in [0.717, 1.165) is 63.4 Å². The summed E-state index contributed by atoms with van der Waals surface area (Å²) in [7, 11) is 0. The van der Waals surface area contributed by atoms with Crippen LogP contribution in [0.2, 0.25) is 0 Å². The molecule has 2 amide bonds. The third-order valence-corrected chi connectivity index (χ3v) is 6.88. The number of benzene rings is 2. The van der Waals surface area contributed by atoms with Crippen molar-refractivity contribution in [1.29, 1.82) is 0 Å². The number of likely N-dealkylation sites (N-methyl/N-ethyl adjacent to an activating group) is 1. The van der Waals surface area contributed by atoms with Crippen molar-refractivity contribution in [3.8, 4) is 0 Å². The molecule has 2 aromatic carbocycles. The number of likely N-dealkylation sites (tertiary alicyclic amines) is 1. The molecule has 2 saturated heterocycles. The summed E-state index contributed by atoms with van der Waals surface area (Å²) in [6.07, 6.45) is 1.66. The fraction of sp³-hybridized carbons (Fsp3) is 0.481. The number of nitrogens with zero attached hydrogens (tertiary/aromatic N) is 3. The molecular formula is C27H36N4O2. The minimum Gasteiger partial charge on any atom is -0.338 e. The van der Waals surface area contributed by atoms with Crippen molar-refractivity contribution < 1.29 is 9.59 Å². The summed E-state index contributed by atoms with van der Waals surface area (Å²) in [5, 5.41) is 3.07. The molecular weight excluding hydrogens is 412 g/mol. The van der Waals surface area contributed by atoms with Crippen molar-refractivity contribution in [3.63, 3.8) is 0 Å². The number of amides is 2. The molecule has 2 aliphatic rings. The third kappa shape index (κ3) is 6.21. The first-order valence-electron chi connectivity index (χ1n) is 12.2. The van der Waals surface area contributed by atoms with Crippen LogP contribution in [-0.2, 0) is 11.3 Å². The van der Waals surface area contributed by atoms with Crippen LogP contribution in [0, 0.1) is 12.8 Å². The van der Waals surface area contributed by atoms with Crippen molar-refractivity contribution in [2.75, 3.05) is 51.1 Å². The van der Waals surface area contributed by atoms with E-state index in [9.17, 15) is 9.59 Å². The first-order chi connectivity index (χ1) is 16.0. The van der Waals surface area contributed by atoms with E-state index < -0.39 is 0 Å². The van der Waals surface area contributed by atoms with Crippen molar-refractivity contribution in [3.05, 3.63) is 65.2 Å². The predicted octanol–water partition coefficient (Wildman–Crippen LogP) is 3.62. The molecule has 0 aromatic heterocycles. The van der Waals surface area contributed by atoms with Gasteiger partial charge in [0.05, 0.1) is 5.92 Å². The number of hydrogen-bond donors (Lipinski definition) is 1. The fourth-order valence-electron chi connectivity index (χ4n) is 4.80. The van der Waals surface area contributed by atoms with E-state index in [1.807, 2.05) is 48.2 Å². The number of anilines is 1. The highest BCUT2D eigenvalue weighted by Gasteiger charge is 2.29. The molecule has 0 spiro atoms. The lowest BCUT2D eigenvalue weighted by Gasteiger charge is -2.34. The molecule has 0 unspecified atom stereocenters. The summed E-state index contributed by atoms with van der Waals surface area (Å²) in [4.78, 5) is 32.6. The third-order valence-electron chi connectivity index (χ3n) is 6.88. The second-order valence-corrected chi connectivity index (χ2v) is 9.36. The van der Waals surface area contributed by atoms with Crippen LogP contribution in [-0.4, -0.2) is 72.3 Å². The summed E-state index contributed by atoms with van der Waals surface area (Å²) in [6, 6.07) is 15.9. The van der Waals surface area contributed by atoms with Gasteiger partial charge in [0, 0.05) is 57.1 Å². The van der Waals surface area contributed by atoms with E-state index in [0.29, 0.717) is 18.7 Å². The van der Waals surface area contributed by atoms with E-state index in [2.05, 4.69) is 34.2 Å². The van der Waals surface area contributed by atoms with Crippen molar-refractivity contribution in [1.82, 2.24) is 14.7 Å². The minimum atomic E-state index is -0.179. The number of piperazine rings is 1.